The van der Waals surface area contributed by atoms with Gasteiger partial charge in [-0.05, 0) is 13.1 Å². The van der Waals surface area contributed by atoms with Crippen molar-refractivity contribution in [2.24, 2.45) is 5.73 Å². The Labute approximate surface area is 79.5 Å². The molecule has 1 aromatic carbocycles. The Bertz CT molecular complexity index is 226. The largest absolute Gasteiger partial charge is 0.496 e. The van der Waals surface area contributed by atoms with E-state index in [2.05, 4.69) is 5.73 Å². The third-order valence-corrected chi connectivity index (χ3v) is 1.49. The van der Waals surface area contributed by atoms with E-state index in [0.29, 0.717) is 6.61 Å². The molecule has 1 rings (SSSR count). The van der Waals surface area contributed by atoms with Crippen LogP contribution in [0.25, 0.3) is 0 Å². The van der Waals surface area contributed by atoms with Gasteiger partial charge in [0.25, 0.3) is 0 Å². The summed E-state index contributed by atoms with van der Waals surface area (Å²) in [5.74, 6) is 0.884. The number of hydrogen-bond acceptors (Lipinski definition) is 3. The average molecular weight is 183 g/mol. The fourth-order valence-corrected chi connectivity index (χ4v) is 0.978. The molecule has 0 unspecified atom stereocenters. The number of nitrogens with two attached hydrogens (primary N) is 1. The predicted molar refractivity (Wildman–Crippen MR) is 53.8 cm³/mol. The number of methoxy groups -OCH3 is 2. The smallest absolute Gasteiger partial charge is 0.124 e. The average Bonchev–Trinajstić information content (AvgIpc) is 2.22. The zero-order chi connectivity index (χ0) is 10.1. The molecule has 0 saturated carbocycles. The molecule has 3 nitrogen and oxygen atoms in total. The van der Waals surface area contributed by atoms with E-state index in [1.807, 2.05) is 24.3 Å². The normalized spacial score (nSPS) is 8.62. The summed E-state index contributed by atoms with van der Waals surface area (Å²) in [6, 6.07) is 7.82. The van der Waals surface area contributed by atoms with Gasteiger partial charge in [-0.25, -0.2) is 0 Å². The van der Waals surface area contributed by atoms with Gasteiger partial charge in [0.15, 0.2) is 0 Å². The van der Waals surface area contributed by atoms with Gasteiger partial charge in [-0.2, -0.15) is 0 Å². The van der Waals surface area contributed by atoms with Crippen molar-refractivity contribution in [2.75, 3.05) is 21.3 Å². The molecule has 0 aliphatic heterocycles. The molecule has 2 N–H and O–H groups in total. The molecule has 0 saturated heterocycles. The van der Waals surface area contributed by atoms with Gasteiger partial charge in [-0.1, -0.05) is 18.2 Å². The third kappa shape index (κ3) is 3.92. The number of para-hydroxylation sites is 1. The fourth-order valence-electron chi connectivity index (χ4n) is 0.978. The SMILES string of the molecule is CN.COCc1ccccc1OC. The van der Waals surface area contributed by atoms with Crippen LogP contribution >= 0.6 is 0 Å². The van der Waals surface area contributed by atoms with E-state index in [4.69, 9.17) is 9.47 Å². The molecule has 0 aliphatic carbocycles. The van der Waals surface area contributed by atoms with Crippen LogP contribution in [0.1, 0.15) is 5.56 Å². The highest BCUT2D eigenvalue weighted by atomic mass is 16.5. The maximum atomic E-state index is 5.12. The van der Waals surface area contributed by atoms with E-state index in [0.717, 1.165) is 11.3 Å². The van der Waals surface area contributed by atoms with Crippen LogP contribution in [-0.4, -0.2) is 21.3 Å². The molecule has 74 valence electrons. The minimum atomic E-state index is 0.601. The molecule has 0 fully saturated rings. The van der Waals surface area contributed by atoms with Crippen molar-refractivity contribution in [3.63, 3.8) is 0 Å². The Hall–Kier alpha value is -1.06. The molecule has 0 atom stereocenters. The maximum Gasteiger partial charge on any atom is 0.124 e. The first-order chi connectivity index (χ1) is 6.38. The van der Waals surface area contributed by atoms with E-state index in [1.54, 1.807) is 14.2 Å². The van der Waals surface area contributed by atoms with Gasteiger partial charge < -0.3 is 15.2 Å². The molecule has 1 aromatic rings. The highest BCUT2D eigenvalue weighted by molar-refractivity contribution is 5.32. The summed E-state index contributed by atoms with van der Waals surface area (Å²) in [6.07, 6.45) is 0. The summed E-state index contributed by atoms with van der Waals surface area (Å²) in [5, 5.41) is 0. The lowest BCUT2D eigenvalue weighted by molar-refractivity contribution is 0.181. The minimum absolute atomic E-state index is 0.601. The Kier molecular flexibility index (Phi) is 6.96. The molecule has 0 radical (unpaired) electrons. The lowest BCUT2D eigenvalue weighted by Crippen LogP contribution is -1.92. The molecule has 0 amide bonds. The molecule has 3 heteroatoms. The number of hydrogen-bond donors (Lipinski definition) is 1. The van der Waals surface area contributed by atoms with Crippen molar-refractivity contribution >= 4 is 0 Å². The predicted octanol–water partition coefficient (Wildman–Crippen LogP) is 1.42. The first-order valence-corrected chi connectivity index (χ1v) is 4.07. The second-order valence-electron chi connectivity index (χ2n) is 2.24. The summed E-state index contributed by atoms with van der Waals surface area (Å²) < 4.78 is 10.1. The van der Waals surface area contributed by atoms with Gasteiger partial charge in [0.05, 0.1) is 13.7 Å². The molecule has 13 heavy (non-hydrogen) atoms. The molecule has 0 spiro atoms. The van der Waals surface area contributed by atoms with Crippen molar-refractivity contribution in [1.82, 2.24) is 0 Å². The first kappa shape index (κ1) is 11.9. The highest BCUT2D eigenvalue weighted by Crippen LogP contribution is 2.17. The second kappa shape index (κ2) is 7.58. The maximum absolute atomic E-state index is 5.12. The molecular formula is C10H17NO2. The first-order valence-electron chi connectivity index (χ1n) is 4.07. The quantitative estimate of drug-likeness (QED) is 0.770. The standard InChI is InChI=1S/C9H12O2.CH5N/c1-10-7-8-5-3-4-6-9(8)11-2;1-2/h3-6H,7H2,1-2H3;2H2,1H3. The zero-order valence-corrected chi connectivity index (χ0v) is 8.41. The summed E-state index contributed by atoms with van der Waals surface area (Å²) in [7, 11) is 4.83. The van der Waals surface area contributed by atoms with E-state index in [9.17, 15) is 0 Å². The number of rotatable bonds is 3. The van der Waals surface area contributed by atoms with Crippen molar-refractivity contribution < 1.29 is 9.47 Å². The molecule has 0 heterocycles. The summed E-state index contributed by atoms with van der Waals surface area (Å²) in [4.78, 5) is 0. The van der Waals surface area contributed by atoms with E-state index < -0.39 is 0 Å². The van der Waals surface area contributed by atoms with E-state index in [-0.39, 0.29) is 0 Å². The van der Waals surface area contributed by atoms with Gasteiger partial charge >= 0.3 is 0 Å². The fraction of sp³-hybridized carbons (Fsp3) is 0.400. The molecule has 0 aromatic heterocycles. The van der Waals surface area contributed by atoms with Crippen LogP contribution in [0.15, 0.2) is 24.3 Å². The monoisotopic (exact) mass is 183 g/mol. The van der Waals surface area contributed by atoms with Crippen LogP contribution in [0, 0.1) is 0 Å². The lowest BCUT2D eigenvalue weighted by atomic mass is 10.2. The Balaban J connectivity index is 0.000000671. The van der Waals surface area contributed by atoms with Gasteiger partial charge in [0.2, 0.25) is 0 Å². The number of ether oxygens (including phenoxy) is 2. The van der Waals surface area contributed by atoms with E-state index >= 15 is 0 Å². The number of benzene rings is 1. The Morgan fingerprint density at radius 2 is 1.77 bits per heavy atom. The zero-order valence-electron chi connectivity index (χ0n) is 8.41. The van der Waals surface area contributed by atoms with Gasteiger partial charge in [0.1, 0.15) is 5.75 Å². The Morgan fingerprint density at radius 3 is 2.31 bits per heavy atom. The topological polar surface area (TPSA) is 44.5 Å². The third-order valence-electron chi connectivity index (χ3n) is 1.49. The molecular weight excluding hydrogens is 166 g/mol. The highest BCUT2D eigenvalue weighted by Gasteiger charge is 1.98. The molecule has 0 bridgehead atoms. The van der Waals surface area contributed by atoms with Crippen molar-refractivity contribution in [1.29, 1.82) is 0 Å². The van der Waals surface area contributed by atoms with Crippen LogP contribution in [0.5, 0.6) is 5.75 Å². The van der Waals surface area contributed by atoms with Gasteiger partial charge in [-0.15, -0.1) is 0 Å². The summed E-state index contributed by atoms with van der Waals surface area (Å²) in [5.41, 5.74) is 5.58. The van der Waals surface area contributed by atoms with Crippen molar-refractivity contribution in [3.05, 3.63) is 29.8 Å². The van der Waals surface area contributed by atoms with Crippen LogP contribution in [-0.2, 0) is 11.3 Å². The summed E-state index contributed by atoms with van der Waals surface area (Å²) in [6.45, 7) is 0.601. The van der Waals surface area contributed by atoms with Gasteiger partial charge in [0, 0.05) is 12.7 Å². The van der Waals surface area contributed by atoms with Crippen LogP contribution in [0.4, 0.5) is 0 Å². The summed E-state index contributed by atoms with van der Waals surface area (Å²) >= 11 is 0. The van der Waals surface area contributed by atoms with Crippen molar-refractivity contribution in [2.45, 2.75) is 6.61 Å². The van der Waals surface area contributed by atoms with Crippen molar-refractivity contribution in [3.8, 4) is 5.75 Å². The Morgan fingerprint density at radius 1 is 1.15 bits per heavy atom. The molecule has 0 aliphatic rings. The van der Waals surface area contributed by atoms with Gasteiger partial charge in [-0.3, -0.25) is 0 Å². The van der Waals surface area contributed by atoms with Crippen LogP contribution in [0.2, 0.25) is 0 Å². The van der Waals surface area contributed by atoms with Crippen LogP contribution < -0.4 is 10.5 Å². The van der Waals surface area contributed by atoms with Crippen LogP contribution in [0.3, 0.4) is 0 Å². The van der Waals surface area contributed by atoms with E-state index in [1.165, 1.54) is 7.05 Å². The lowest BCUT2D eigenvalue weighted by Gasteiger charge is -2.05. The minimum Gasteiger partial charge on any atom is -0.496 e. The second-order valence-corrected chi connectivity index (χ2v) is 2.24.